The van der Waals surface area contributed by atoms with Gasteiger partial charge in [-0.1, -0.05) is 5.21 Å². The number of amides is 1. The maximum absolute atomic E-state index is 12.3. The second-order valence-electron chi connectivity index (χ2n) is 6.49. The first-order valence-corrected chi connectivity index (χ1v) is 7.87. The largest absolute Gasteiger partial charge is 0.461 e. The van der Waals surface area contributed by atoms with Gasteiger partial charge < -0.3 is 14.4 Å². The number of hydrogen-bond acceptors (Lipinski definition) is 6. The average molecular weight is 324 g/mol. The third kappa shape index (κ3) is 4.43. The molecule has 0 aromatic carbocycles. The van der Waals surface area contributed by atoms with Gasteiger partial charge in [0.2, 0.25) is 0 Å². The van der Waals surface area contributed by atoms with Crippen LogP contribution in [-0.4, -0.2) is 56.8 Å². The van der Waals surface area contributed by atoms with Crippen molar-refractivity contribution in [3.8, 4) is 0 Å². The van der Waals surface area contributed by atoms with E-state index < -0.39 is 11.6 Å². The van der Waals surface area contributed by atoms with Gasteiger partial charge in [-0.25, -0.2) is 14.3 Å². The summed E-state index contributed by atoms with van der Waals surface area (Å²) in [6, 6.07) is -0.0697. The number of carbonyl (C=O) groups is 2. The lowest BCUT2D eigenvalue weighted by atomic mass is 10.2. The maximum atomic E-state index is 12.3. The number of carbonyl (C=O) groups excluding carboxylic acids is 2. The summed E-state index contributed by atoms with van der Waals surface area (Å²) in [4.78, 5) is 25.9. The minimum atomic E-state index is -0.534. The minimum Gasteiger partial charge on any atom is -0.461 e. The molecule has 2 rings (SSSR count). The van der Waals surface area contributed by atoms with E-state index in [0.29, 0.717) is 18.8 Å². The van der Waals surface area contributed by atoms with Gasteiger partial charge in [0.05, 0.1) is 25.4 Å². The Morgan fingerprint density at radius 1 is 1.39 bits per heavy atom. The standard InChI is InChI=1S/C15H24N4O4/c1-5-22-13(20)12-9-16-17-19(12)10-11-7-6-8-18(11)14(21)23-15(2,3)4/h9,11H,5-8,10H2,1-4H3/t11-/m0/s1. The second-order valence-corrected chi connectivity index (χ2v) is 6.49. The van der Waals surface area contributed by atoms with Crippen LogP contribution in [0.25, 0.3) is 0 Å². The molecule has 0 aliphatic carbocycles. The van der Waals surface area contributed by atoms with Gasteiger partial charge in [-0.05, 0) is 40.5 Å². The van der Waals surface area contributed by atoms with E-state index in [2.05, 4.69) is 10.3 Å². The fraction of sp³-hybridized carbons (Fsp3) is 0.733. The van der Waals surface area contributed by atoms with Gasteiger partial charge in [-0.2, -0.15) is 0 Å². The number of likely N-dealkylation sites (tertiary alicyclic amines) is 1. The van der Waals surface area contributed by atoms with Crippen LogP contribution in [-0.2, 0) is 16.0 Å². The highest BCUT2D eigenvalue weighted by Gasteiger charge is 2.33. The lowest BCUT2D eigenvalue weighted by molar-refractivity contribution is 0.0210. The Hall–Kier alpha value is -2.12. The molecule has 1 amide bonds. The molecule has 1 fully saturated rings. The molecule has 1 saturated heterocycles. The van der Waals surface area contributed by atoms with Crippen molar-refractivity contribution in [1.82, 2.24) is 19.9 Å². The van der Waals surface area contributed by atoms with Crippen molar-refractivity contribution in [3.63, 3.8) is 0 Å². The van der Waals surface area contributed by atoms with E-state index in [9.17, 15) is 9.59 Å². The summed E-state index contributed by atoms with van der Waals surface area (Å²) in [5.74, 6) is -0.459. The third-order valence-electron chi connectivity index (χ3n) is 3.49. The Morgan fingerprint density at radius 3 is 2.78 bits per heavy atom. The number of ether oxygens (including phenoxy) is 2. The summed E-state index contributed by atoms with van der Waals surface area (Å²) < 4.78 is 11.9. The lowest BCUT2D eigenvalue weighted by Crippen LogP contribution is -2.42. The fourth-order valence-electron chi connectivity index (χ4n) is 2.54. The Labute approximate surface area is 135 Å². The monoisotopic (exact) mass is 324 g/mol. The lowest BCUT2D eigenvalue weighted by Gasteiger charge is -2.28. The maximum Gasteiger partial charge on any atom is 0.410 e. The first-order valence-electron chi connectivity index (χ1n) is 7.87. The molecule has 1 aromatic heterocycles. The van der Waals surface area contributed by atoms with Crippen LogP contribution in [0, 0.1) is 0 Å². The summed E-state index contributed by atoms with van der Waals surface area (Å²) in [6.07, 6.45) is 2.78. The molecule has 0 saturated carbocycles. The highest BCUT2D eigenvalue weighted by molar-refractivity contribution is 5.87. The molecule has 1 atom stereocenters. The molecule has 1 aliphatic rings. The second kappa shape index (κ2) is 6.97. The molecule has 2 heterocycles. The van der Waals surface area contributed by atoms with E-state index in [0.717, 1.165) is 12.8 Å². The predicted molar refractivity (Wildman–Crippen MR) is 81.9 cm³/mol. The van der Waals surface area contributed by atoms with E-state index in [1.54, 1.807) is 11.8 Å². The van der Waals surface area contributed by atoms with E-state index in [-0.39, 0.29) is 18.7 Å². The summed E-state index contributed by atoms with van der Waals surface area (Å²) in [5.41, 5.74) is -0.240. The molecule has 23 heavy (non-hydrogen) atoms. The Kier molecular flexibility index (Phi) is 5.23. The van der Waals surface area contributed by atoms with E-state index >= 15 is 0 Å². The Bertz CT molecular complexity index is 564. The molecule has 0 bridgehead atoms. The zero-order valence-corrected chi connectivity index (χ0v) is 14.1. The highest BCUT2D eigenvalue weighted by Crippen LogP contribution is 2.22. The molecular formula is C15H24N4O4. The van der Waals surface area contributed by atoms with E-state index in [4.69, 9.17) is 9.47 Å². The van der Waals surface area contributed by atoms with Crippen molar-refractivity contribution in [2.45, 2.75) is 58.7 Å². The summed E-state index contributed by atoms with van der Waals surface area (Å²) in [5, 5.41) is 7.71. The van der Waals surface area contributed by atoms with Crippen LogP contribution in [0.2, 0.25) is 0 Å². The number of esters is 1. The van der Waals surface area contributed by atoms with Crippen LogP contribution in [0.4, 0.5) is 4.79 Å². The summed E-state index contributed by atoms with van der Waals surface area (Å²) in [7, 11) is 0. The first-order chi connectivity index (χ1) is 10.8. The quantitative estimate of drug-likeness (QED) is 0.786. The SMILES string of the molecule is CCOC(=O)c1cnnn1C[C@@H]1CCCN1C(=O)OC(C)(C)C. The molecular weight excluding hydrogens is 300 g/mol. The normalized spacial score (nSPS) is 18.1. The zero-order chi connectivity index (χ0) is 17.0. The first kappa shape index (κ1) is 17.2. The van der Waals surface area contributed by atoms with Crippen LogP contribution in [0.1, 0.15) is 51.0 Å². The predicted octanol–water partition coefficient (Wildman–Crippen LogP) is 1.85. The third-order valence-corrected chi connectivity index (χ3v) is 3.49. The number of nitrogens with zero attached hydrogens (tertiary/aromatic N) is 4. The molecule has 0 N–H and O–H groups in total. The van der Waals surface area contributed by atoms with Crippen LogP contribution in [0.5, 0.6) is 0 Å². The molecule has 0 spiro atoms. The van der Waals surface area contributed by atoms with Gasteiger partial charge in [-0.3, -0.25) is 0 Å². The van der Waals surface area contributed by atoms with Crippen LogP contribution >= 0.6 is 0 Å². The van der Waals surface area contributed by atoms with Gasteiger partial charge in [0, 0.05) is 6.54 Å². The fourth-order valence-corrected chi connectivity index (χ4v) is 2.54. The van der Waals surface area contributed by atoms with Gasteiger partial charge in [0.1, 0.15) is 5.60 Å². The van der Waals surface area contributed by atoms with Crippen LogP contribution in [0.15, 0.2) is 6.20 Å². The Morgan fingerprint density at radius 2 is 2.13 bits per heavy atom. The van der Waals surface area contributed by atoms with Crippen LogP contribution in [0.3, 0.4) is 0 Å². The molecule has 0 radical (unpaired) electrons. The summed E-state index contributed by atoms with van der Waals surface area (Å²) in [6.45, 7) is 8.59. The van der Waals surface area contributed by atoms with Gasteiger partial charge >= 0.3 is 12.1 Å². The topological polar surface area (TPSA) is 86.5 Å². The van der Waals surface area contributed by atoms with Crippen molar-refractivity contribution in [2.75, 3.05) is 13.2 Å². The molecule has 1 aliphatic heterocycles. The van der Waals surface area contributed by atoms with Gasteiger partial charge in [0.15, 0.2) is 5.69 Å². The van der Waals surface area contributed by atoms with Crippen molar-refractivity contribution in [1.29, 1.82) is 0 Å². The van der Waals surface area contributed by atoms with Gasteiger partial charge in [0.25, 0.3) is 0 Å². The van der Waals surface area contributed by atoms with E-state index in [1.165, 1.54) is 10.9 Å². The molecule has 0 unspecified atom stereocenters. The number of aromatic nitrogens is 3. The molecule has 8 heteroatoms. The molecule has 128 valence electrons. The smallest absolute Gasteiger partial charge is 0.410 e. The summed E-state index contributed by atoms with van der Waals surface area (Å²) >= 11 is 0. The van der Waals surface area contributed by atoms with Gasteiger partial charge in [-0.15, -0.1) is 5.10 Å². The zero-order valence-electron chi connectivity index (χ0n) is 14.1. The minimum absolute atomic E-state index is 0.0697. The number of rotatable bonds is 4. The van der Waals surface area contributed by atoms with E-state index in [1.807, 2.05) is 20.8 Å². The average Bonchev–Trinajstić information content (AvgIpc) is 3.06. The van der Waals surface area contributed by atoms with Crippen molar-refractivity contribution < 1.29 is 19.1 Å². The number of hydrogen-bond donors (Lipinski definition) is 0. The highest BCUT2D eigenvalue weighted by atomic mass is 16.6. The van der Waals surface area contributed by atoms with Crippen molar-refractivity contribution in [2.24, 2.45) is 0 Å². The Balaban J connectivity index is 2.06. The van der Waals surface area contributed by atoms with Crippen LogP contribution < -0.4 is 0 Å². The molecule has 1 aromatic rings. The van der Waals surface area contributed by atoms with Crippen molar-refractivity contribution in [3.05, 3.63) is 11.9 Å². The van der Waals surface area contributed by atoms with Crippen molar-refractivity contribution >= 4 is 12.1 Å². The molecule has 8 nitrogen and oxygen atoms in total.